The first-order chi connectivity index (χ1) is 11.7. The van der Waals surface area contributed by atoms with Gasteiger partial charge >= 0.3 is 0 Å². The van der Waals surface area contributed by atoms with Crippen molar-refractivity contribution in [2.45, 2.75) is 43.9 Å². The molecule has 1 amide bonds. The second kappa shape index (κ2) is 9.38. The van der Waals surface area contributed by atoms with Gasteiger partial charge in [-0.2, -0.15) is 0 Å². The van der Waals surface area contributed by atoms with Gasteiger partial charge in [0.05, 0.1) is 18.2 Å². The summed E-state index contributed by atoms with van der Waals surface area (Å²) in [5.74, 6) is 0.761. The molecular formula is C18H27IN4O2. The molecule has 0 spiro atoms. The fourth-order valence-electron chi connectivity index (χ4n) is 3.50. The van der Waals surface area contributed by atoms with E-state index in [1.165, 1.54) is 6.42 Å². The summed E-state index contributed by atoms with van der Waals surface area (Å²) >= 11 is 0. The zero-order chi connectivity index (χ0) is 16.9. The molecule has 2 heterocycles. The highest BCUT2D eigenvalue weighted by Crippen LogP contribution is 2.34. The van der Waals surface area contributed by atoms with Gasteiger partial charge in [0.25, 0.3) is 5.91 Å². The predicted octanol–water partition coefficient (Wildman–Crippen LogP) is 1.69. The predicted molar refractivity (Wildman–Crippen MR) is 110 cm³/mol. The van der Waals surface area contributed by atoms with Crippen molar-refractivity contribution >= 4 is 35.8 Å². The number of hydrogen-bond donors (Lipinski definition) is 3. The lowest BCUT2D eigenvalue weighted by atomic mass is 9.96. The van der Waals surface area contributed by atoms with Crippen molar-refractivity contribution in [2.75, 3.05) is 20.6 Å². The summed E-state index contributed by atoms with van der Waals surface area (Å²) < 4.78 is 5.87. The number of fused-ring (bicyclic) bond motifs is 2. The molecule has 0 radical (unpaired) electrons. The largest absolute Gasteiger partial charge is 0.373 e. The maximum atomic E-state index is 11.7. The van der Waals surface area contributed by atoms with Gasteiger partial charge in [0, 0.05) is 26.2 Å². The molecule has 3 rings (SSSR count). The Kier molecular flexibility index (Phi) is 7.49. The minimum atomic E-state index is -0.0569. The summed E-state index contributed by atoms with van der Waals surface area (Å²) in [6, 6.07) is 8.08. The topological polar surface area (TPSA) is 74.8 Å². The summed E-state index contributed by atoms with van der Waals surface area (Å²) in [5.41, 5.74) is 1.82. The van der Waals surface area contributed by atoms with Gasteiger partial charge in [-0.3, -0.25) is 9.79 Å². The third kappa shape index (κ3) is 5.07. The van der Waals surface area contributed by atoms with Crippen LogP contribution < -0.4 is 16.0 Å². The van der Waals surface area contributed by atoms with Gasteiger partial charge in [-0.25, -0.2) is 0 Å². The van der Waals surface area contributed by atoms with Crippen molar-refractivity contribution in [3.8, 4) is 0 Å². The van der Waals surface area contributed by atoms with Crippen LogP contribution in [0.4, 0.5) is 0 Å². The molecule has 1 aromatic carbocycles. The molecule has 1 aromatic rings. The Morgan fingerprint density at radius 3 is 2.84 bits per heavy atom. The Bertz CT molecular complexity index is 623. The molecule has 2 fully saturated rings. The molecular weight excluding hydrogens is 431 g/mol. The number of carbonyl (C=O) groups is 1. The zero-order valence-corrected chi connectivity index (χ0v) is 17.1. The van der Waals surface area contributed by atoms with Crippen molar-refractivity contribution in [3.63, 3.8) is 0 Å². The number of ether oxygens (including phenoxy) is 1. The highest BCUT2D eigenvalue weighted by Gasteiger charge is 2.41. The van der Waals surface area contributed by atoms with Gasteiger partial charge in [0.2, 0.25) is 0 Å². The average molecular weight is 458 g/mol. The van der Waals surface area contributed by atoms with Crippen molar-refractivity contribution in [1.82, 2.24) is 16.0 Å². The van der Waals surface area contributed by atoms with Gasteiger partial charge in [-0.05, 0) is 43.4 Å². The number of nitrogens with zero attached hydrogens (tertiary/aromatic N) is 1. The zero-order valence-electron chi connectivity index (χ0n) is 14.7. The summed E-state index contributed by atoms with van der Waals surface area (Å²) in [5, 5.41) is 9.47. The second-order valence-corrected chi connectivity index (χ2v) is 6.39. The number of benzene rings is 1. The number of guanidine groups is 1. The van der Waals surface area contributed by atoms with E-state index in [1.54, 1.807) is 14.1 Å². The van der Waals surface area contributed by atoms with Gasteiger partial charge < -0.3 is 20.7 Å². The summed E-state index contributed by atoms with van der Waals surface area (Å²) in [6.07, 6.45) is 5.00. The molecule has 3 atom stereocenters. The molecule has 0 aliphatic carbocycles. The van der Waals surface area contributed by atoms with Crippen LogP contribution in [0.2, 0.25) is 0 Å². The first kappa shape index (κ1) is 20.0. The lowest BCUT2D eigenvalue weighted by Gasteiger charge is -2.22. The Balaban J connectivity index is 0.00000225. The Morgan fingerprint density at radius 2 is 2.20 bits per heavy atom. The van der Waals surface area contributed by atoms with Crippen LogP contribution >= 0.6 is 24.0 Å². The third-order valence-corrected chi connectivity index (χ3v) is 4.77. The van der Waals surface area contributed by atoms with Crippen molar-refractivity contribution in [3.05, 3.63) is 35.4 Å². The number of nitrogens with one attached hydrogen (secondary N) is 3. The van der Waals surface area contributed by atoms with E-state index >= 15 is 0 Å². The van der Waals surface area contributed by atoms with Gasteiger partial charge in [-0.1, -0.05) is 12.1 Å². The van der Waals surface area contributed by atoms with Crippen LogP contribution in [-0.2, 0) is 11.2 Å². The summed E-state index contributed by atoms with van der Waals surface area (Å²) in [6.45, 7) is 0.762. The number of aliphatic imine (C=N–C) groups is 1. The van der Waals surface area contributed by atoms with E-state index in [0.717, 1.165) is 37.3 Å². The second-order valence-electron chi connectivity index (χ2n) is 6.39. The average Bonchev–Trinajstić information content (AvgIpc) is 3.23. The summed E-state index contributed by atoms with van der Waals surface area (Å²) in [7, 11) is 3.43. The van der Waals surface area contributed by atoms with Crippen molar-refractivity contribution < 1.29 is 9.53 Å². The van der Waals surface area contributed by atoms with E-state index < -0.39 is 0 Å². The maximum absolute atomic E-state index is 11.7. The first-order valence-corrected chi connectivity index (χ1v) is 8.63. The molecule has 2 saturated heterocycles. The van der Waals surface area contributed by atoms with Gasteiger partial charge in [0.15, 0.2) is 5.96 Å². The molecule has 2 aliphatic rings. The van der Waals surface area contributed by atoms with E-state index in [4.69, 9.17) is 4.74 Å². The lowest BCUT2D eigenvalue weighted by molar-refractivity contribution is 0.0962. The third-order valence-electron chi connectivity index (χ3n) is 4.77. The number of halogens is 1. The summed E-state index contributed by atoms with van der Waals surface area (Å²) in [4.78, 5) is 16.0. The van der Waals surface area contributed by atoms with Crippen LogP contribution in [0.15, 0.2) is 29.3 Å². The molecule has 2 bridgehead atoms. The molecule has 138 valence electrons. The highest BCUT2D eigenvalue weighted by molar-refractivity contribution is 14.0. The van der Waals surface area contributed by atoms with E-state index in [1.807, 2.05) is 24.3 Å². The Labute approximate surface area is 166 Å². The number of carbonyl (C=O) groups excluding carboxylic acids is 1. The Hall–Kier alpha value is -1.35. The van der Waals surface area contributed by atoms with Crippen LogP contribution in [0.3, 0.4) is 0 Å². The van der Waals surface area contributed by atoms with E-state index in [-0.39, 0.29) is 29.9 Å². The molecule has 3 unspecified atom stereocenters. The maximum Gasteiger partial charge on any atom is 0.251 e. The van der Waals surface area contributed by atoms with Crippen LogP contribution in [-0.4, -0.2) is 50.8 Å². The van der Waals surface area contributed by atoms with Crippen LogP contribution in [0.25, 0.3) is 0 Å². The normalized spacial score (nSPS) is 24.6. The molecule has 2 aliphatic heterocycles. The molecule has 0 aromatic heterocycles. The fourth-order valence-corrected chi connectivity index (χ4v) is 3.50. The van der Waals surface area contributed by atoms with E-state index in [2.05, 4.69) is 20.9 Å². The molecule has 7 heteroatoms. The quantitative estimate of drug-likeness (QED) is 0.357. The monoisotopic (exact) mass is 458 g/mol. The fraction of sp³-hybridized carbons (Fsp3) is 0.556. The van der Waals surface area contributed by atoms with Crippen molar-refractivity contribution in [2.24, 2.45) is 4.99 Å². The number of rotatable bonds is 5. The number of amides is 1. The standard InChI is InChI=1S/C18H26N4O2.HI/c1-19-17(23)13-5-3-4-12(10-13)8-9-21-18(20-2)22-15-11-14-6-7-16(15)24-14;/h3-5,10,14-16H,6-9,11H2,1-2H3,(H,19,23)(H2,20,21,22);1H. The SMILES string of the molecule is CN=C(NCCc1cccc(C(=O)NC)c1)NC1CC2CCC1O2.I. The van der Waals surface area contributed by atoms with E-state index in [0.29, 0.717) is 23.8 Å². The smallest absolute Gasteiger partial charge is 0.251 e. The van der Waals surface area contributed by atoms with Crippen molar-refractivity contribution in [1.29, 1.82) is 0 Å². The molecule has 0 saturated carbocycles. The van der Waals surface area contributed by atoms with E-state index in [9.17, 15) is 4.79 Å². The van der Waals surface area contributed by atoms with Gasteiger partial charge in [0.1, 0.15) is 0 Å². The Morgan fingerprint density at radius 1 is 1.36 bits per heavy atom. The molecule has 3 N–H and O–H groups in total. The minimum Gasteiger partial charge on any atom is -0.373 e. The van der Waals surface area contributed by atoms with Crippen LogP contribution in [0.5, 0.6) is 0 Å². The minimum absolute atomic E-state index is 0. The van der Waals surface area contributed by atoms with Crippen LogP contribution in [0.1, 0.15) is 35.2 Å². The molecule has 6 nitrogen and oxygen atoms in total. The lowest BCUT2D eigenvalue weighted by Crippen LogP contribution is -2.47. The molecule has 25 heavy (non-hydrogen) atoms. The highest BCUT2D eigenvalue weighted by atomic mass is 127. The number of hydrogen-bond acceptors (Lipinski definition) is 3. The van der Waals surface area contributed by atoms with Gasteiger partial charge in [-0.15, -0.1) is 24.0 Å². The van der Waals surface area contributed by atoms with Crippen LogP contribution in [0, 0.1) is 0 Å². The first-order valence-electron chi connectivity index (χ1n) is 8.63.